The van der Waals surface area contributed by atoms with Crippen LogP contribution in [-0.4, -0.2) is 23.1 Å². The molecule has 0 bridgehead atoms. The largest absolute Gasteiger partial charge is 0.480 e. The molecule has 6 heteroatoms. The highest BCUT2D eigenvalue weighted by Crippen LogP contribution is 2.23. The molecule has 1 rings (SSSR count). The van der Waals surface area contributed by atoms with E-state index < -0.39 is 18.0 Å². The van der Waals surface area contributed by atoms with Gasteiger partial charge in [-0.05, 0) is 46.5 Å². The highest BCUT2D eigenvalue weighted by atomic mass is 79.9. The number of aryl methyl sites for hydroxylation is 1. The van der Waals surface area contributed by atoms with Crippen molar-refractivity contribution in [3.63, 3.8) is 0 Å². The predicted octanol–water partition coefficient (Wildman–Crippen LogP) is 2.99. The molecule has 0 spiro atoms. The van der Waals surface area contributed by atoms with Crippen LogP contribution in [0.4, 0.5) is 10.5 Å². The molecular weight excluding hydrogens is 312 g/mol. The monoisotopic (exact) mass is 328 g/mol. The summed E-state index contributed by atoms with van der Waals surface area (Å²) in [6, 6.07) is 4.08. The zero-order valence-corrected chi connectivity index (χ0v) is 12.6. The third-order valence-electron chi connectivity index (χ3n) is 2.59. The second-order valence-corrected chi connectivity index (χ2v) is 5.50. The molecule has 0 aliphatic rings. The van der Waals surface area contributed by atoms with Gasteiger partial charge >= 0.3 is 12.0 Å². The summed E-state index contributed by atoms with van der Waals surface area (Å²) in [5, 5.41) is 14.1. The standard InChI is InChI=1S/C13H17BrN2O3/c1-7(2)11(12(17)18)16-13(19)15-10-6-8(3)4-5-9(10)14/h4-7,11H,1-3H3,(H,17,18)(H2,15,16,19)/t11-/m0/s1. The lowest BCUT2D eigenvalue weighted by atomic mass is 10.1. The quantitative estimate of drug-likeness (QED) is 0.795. The van der Waals surface area contributed by atoms with Crippen LogP contribution in [0.5, 0.6) is 0 Å². The summed E-state index contributed by atoms with van der Waals surface area (Å²) in [5.41, 5.74) is 1.60. The SMILES string of the molecule is Cc1ccc(Br)c(NC(=O)N[C@H](C(=O)O)C(C)C)c1. The van der Waals surface area contributed by atoms with Crippen molar-refractivity contribution in [3.8, 4) is 0 Å². The van der Waals surface area contributed by atoms with Crippen LogP contribution in [0.15, 0.2) is 22.7 Å². The summed E-state index contributed by atoms with van der Waals surface area (Å²) in [6.07, 6.45) is 0. The molecule has 1 aromatic rings. The molecule has 0 aliphatic carbocycles. The van der Waals surface area contributed by atoms with Crippen LogP contribution in [0.3, 0.4) is 0 Å². The third kappa shape index (κ3) is 4.55. The number of carbonyl (C=O) groups excluding carboxylic acids is 1. The fraction of sp³-hybridized carbons (Fsp3) is 0.385. The van der Waals surface area contributed by atoms with Gasteiger partial charge in [-0.25, -0.2) is 9.59 Å². The minimum Gasteiger partial charge on any atom is -0.480 e. The van der Waals surface area contributed by atoms with Gasteiger partial charge in [0.25, 0.3) is 0 Å². The van der Waals surface area contributed by atoms with Crippen LogP contribution in [0.2, 0.25) is 0 Å². The summed E-state index contributed by atoms with van der Waals surface area (Å²) in [5.74, 6) is -1.24. The number of carboxylic acids is 1. The molecule has 0 aliphatic heterocycles. The minimum absolute atomic E-state index is 0.191. The first-order chi connectivity index (χ1) is 8.81. The topological polar surface area (TPSA) is 78.4 Å². The highest BCUT2D eigenvalue weighted by molar-refractivity contribution is 9.10. The maximum atomic E-state index is 11.8. The number of hydrogen-bond acceptors (Lipinski definition) is 2. The molecule has 0 unspecified atom stereocenters. The predicted molar refractivity (Wildman–Crippen MR) is 77.3 cm³/mol. The summed E-state index contributed by atoms with van der Waals surface area (Å²) in [7, 11) is 0. The number of rotatable bonds is 4. The lowest BCUT2D eigenvalue weighted by Gasteiger charge is -2.18. The zero-order valence-electron chi connectivity index (χ0n) is 11.0. The van der Waals surface area contributed by atoms with Crippen LogP contribution in [0.1, 0.15) is 19.4 Å². The van der Waals surface area contributed by atoms with Crippen LogP contribution in [0.25, 0.3) is 0 Å². The van der Waals surface area contributed by atoms with Gasteiger partial charge in [0, 0.05) is 4.47 Å². The average Bonchev–Trinajstić information content (AvgIpc) is 2.30. The van der Waals surface area contributed by atoms with Crippen molar-refractivity contribution in [2.24, 2.45) is 5.92 Å². The number of urea groups is 1. The molecular formula is C13H17BrN2O3. The Balaban J connectivity index is 2.74. The number of carbonyl (C=O) groups is 2. The Bertz CT molecular complexity index is 489. The van der Waals surface area contributed by atoms with E-state index in [0.29, 0.717) is 5.69 Å². The van der Waals surface area contributed by atoms with E-state index >= 15 is 0 Å². The number of carboxylic acid groups (broad SMARTS) is 1. The molecule has 0 saturated carbocycles. The molecule has 19 heavy (non-hydrogen) atoms. The van der Waals surface area contributed by atoms with E-state index in [1.54, 1.807) is 19.9 Å². The molecule has 104 valence electrons. The number of amides is 2. The summed E-state index contributed by atoms with van der Waals surface area (Å²) in [6.45, 7) is 5.38. The van der Waals surface area contributed by atoms with Gasteiger partial charge in [-0.3, -0.25) is 0 Å². The molecule has 0 radical (unpaired) electrons. The molecule has 1 aromatic carbocycles. The number of halogens is 1. The fourth-order valence-electron chi connectivity index (χ4n) is 1.55. The summed E-state index contributed by atoms with van der Waals surface area (Å²) in [4.78, 5) is 22.8. The summed E-state index contributed by atoms with van der Waals surface area (Å²) >= 11 is 3.32. The van der Waals surface area contributed by atoms with Crippen molar-refractivity contribution in [3.05, 3.63) is 28.2 Å². The lowest BCUT2D eigenvalue weighted by molar-refractivity contribution is -0.140. The van der Waals surface area contributed by atoms with Crippen LogP contribution >= 0.6 is 15.9 Å². The van der Waals surface area contributed by atoms with Gasteiger partial charge in [0.1, 0.15) is 6.04 Å². The number of hydrogen-bond donors (Lipinski definition) is 3. The number of nitrogens with one attached hydrogen (secondary N) is 2. The molecule has 0 heterocycles. The maximum Gasteiger partial charge on any atom is 0.326 e. The Hall–Kier alpha value is -1.56. The smallest absolute Gasteiger partial charge is 0.326 e. The van der Waals surface area contributed by atoms with Gasteiger partial charge < -0.3 is 15.7 Å². The Kier molecular flexibility index (Phi) is 5.35. The molecule has 3 N–H and O–H groups in total. The van der Waals surface area contributed by atoms with Gasteiger partial charge in [0.2, 0.25) is 0 Å². The Labute approximate surface area is 120 Å². The van der Waals surface area contributed by atoms with Gasteiger partial charge in [-0.2, -0.15) is 0 Å². The van der Waals surface area contributed by atoms with Crippen molar-refractivity contribution in [2.45, 2.75) is 26.8 Å². The van der Waals surface area contributed by atoms with Gasteiger partial charge in [0.15, 0.2) is 0 Å². The first kappa shape index (κ1) is 15.5. The van der Waals surface area contributed by atoms with Gasteiger partial charge in [0.05, 0.1) is 5.69 Å². The normalized spacial score (nSPS) is 12.1. The maximum absolute atomic E-state index is 11.8. The fourth-order valence-corrected chi connectivity index (χ4v) is 1.89. The van der Waals surface area contributed by atoms with E-state index in [4.69, 9.17) is 5.11 Å². The van der Waals surface area contributed by atoms with Crippen molar-refractivity contribution < 1.29 is 14.7 Å². The average molecular weight is 329 g/mol. The molecule has 0 aromatic heterocycles. The number of anilines is 1. The third-order valence-corrected chi connectivity index (χ3v) is 3.28. The molecule has 2 amide bonds. The summed E-state index contributed by atoms with van der Waals surface area (Å²) < 4.78 is 0.740. The van der Waals surface area contributed by atoms with Crippen LogP contribution in [0, 0.1) is 12.8 Å². The molecule has 5 nitrogen and oxygen atoms in total. The van der Waals surface area contributed by atoms with E-state index in [9.17, 15) is 9.59 Å². The Morgan fingerprint density at radius 2 is 1.95 bits per heavy atom. The zero-order chi connectivity index (χ0) is 14.6. The van der Waals surface area contributed by atoms with E-state index in [-0.39, 0.29) is 5.92 Å². The van der Waals surface area contributed by atoms with Crippen LogP contribution < -0.4 is 10.6 Å². The second kappa shape index (κ2) is 6.56. The van der Waals surface area contributed by atoms with E-state index in [0.717, 1.165) is 10.0 Å². The Morgan fingerprint density at radius 3 is 2.47 bits per heavy atom. The van der Waals surface area contributed by atoms with Crippen molar-refractivity contribution in [2.75, 3.05) is 5.32 Å². The molecule has 0 fully saturated rings. The number of aliphatic carboxylic acids is 1. The van der Waals surface area contributed by atoms with Gasteiger partial charge in [-0.1, -0.05) is 19.9 Å². The molecule has 0 saturated heterocycles. The van der Waals surface area contributed by atoms with E-state index in [1.165, 1.54) is 0 Å². The Morgan fingerprint density at radius 1 is 1.32 bits per heavy atom. The van der Waals surface area contributed by atoms with E-state index in [1.807, 2.05) is 19.1 Å². The first-order valence-electron chi connectivity index (χ1n) is 5.87. The van der Waals surface area contributed by atoms with Crippen LogP contribution in [-0.2, 0) is 4.79 Å². The van der Waals surface area contributed by atoms with Crippen molar-refractivity contribution in [1.82, 2.24) is 5.32 Å². The first-order valence-corrected chi connectivity index (χ1v) is 6.67. The molecule has 1 atom stereocenters. The van der Waals surface area contributed by atoms with Crippen molar-refractivity contribution in [1.29, 1.82) is 0 Å². The minimum atomic E-state index is -1.05. The van der Waals surface area contributed by atoms with E-state index in [2.05, 4.69) is 26.6 Å². The van der Waals surface area contributed by atoms with Crippen molar-refractivity contribution >= 4 is 33.6 Å². The highest BCUT2D eigenvalue weighted by Gasteiger charge is 2.23. The second-order valence-electron chi connectivity index (χ2n) is 4.64. The van der Waals surface area contributed by atoms with Gasteiger partial charge in [-0.15, -0.1) is 0 Å². The lowest BCUT2D eigenvalue weighted by Crippen LogP contribution is -2.46. The number of benzene rings is 1.